The van der Waals surface area contributed by atoms with Gasteiger partial charge in [0.1, 0.15) is 0 Å². The molecule has 1 aromatic carbocycles. The summed E-state index contributed by atoms with van der Waals surface area (Å²) >= 11 is 13.1. The maximum absolute atomic E-state index is 6.30. The zero-order valence-electron chi connectivity index (χ0n) is 9.91. The highest BCUT2D eigenvalue weighted by Crippen LogP contribution is 2.31. The molecule has 0 spiro atoms. The molecule has 3 nitrogen and oxygen atoms in total. The smallest absolute Gasteiger partial charge is 0.0596 e. The van der Waals surface area contributed by atoms with Crippen molar-refractivity contribution in [3.05, 3.63) is 61.8 Å². The van der Waals surface area contributed by atoms with Crippen LogP contribution in [0.1, 0.15) is 17.2 Å². The maximum atomic E-state index is 6.30. The van der Waals surface area contributed by atoms with Crippen molar-refractivity contribution in [2.75, 3.05) is 0 Å². The van der Waals surface area contributed by atoms with Gasteiger partial charge in [0.2, 0.25) is 0 Å². The first-order chi connectivity index (χ1) is 9.11. The van der Waals surface area contributed by atoms with Gasteiger partial charge in [0, 0.05) is 21.3 Å². The molecule has 0 amide bonds. The summed E-state index contributed by atoms with van der Waals surface area (Å²) in [4.78, 5) is 4.15. The second-order valence-electron chi connectivity index (χ2n) is 4.08. The summed E-state index contributed by atoms with van der Waals surface area (Å²) in [6.45, 7) is 0. The van der Waals surface area contributed by atoms with Crippen molar-refractivity contribution < 1.29 is 0 Å². The number of halogens is 3. The monoisotopic (exact) mass is 403 g/mol. The van der Waals surface area contributed by atoms with Crippen LogP contribution in [-0.2, 0) is 6.42 Å². The highest BCUT2D eigenvalue weighted by Gasteiger charge is 2.15. The number of hydrogen-bond donors (Lipinski definition) is 2. The van der Waals surface area contributed by atoms with E-state index in [1.165, 1.54) is 0 Å². The molecule has 6 heteroatoms. The average molecular weight is 406 g/mol. The summed E-state index contributed by atoms with van der Waals surface area (Å²) in [5.74, 6) is 5.65. The van der Waals surface area contributed by atoms with Crippen molar-refractivity contribution in [1.29, 1.82) is 0 Å². The Balaban J connectivity index is 2.28. The summed E-state index contributed by atoms with van der Waals surface area (Å²) in [5.41, 5.74) is 4.84. The van der Waals surface area contributed by atoms with Crippen LogP contribution in [0, 0.1) is 0 Å². The third-order valence-electron chi connectivity index (χ3n) is 2.76. The first-order valence-corrected chi connectivity index (χ1v) is 7.57. The van der Waals surface area contributed by atoms with Gasteiger partial charge in [-0.25, -0.2) is 0 Å². The number of hydrazine groups is 1. The molecule has 1 aromatic heterocycles. The van der Waals surface area contributed by atoms with Crippen LogP contribution < -0.4 is 11.3 Å². The van der Waals surface area contributed by atoms with Gasteiger partial charge in [0.25, 0.3) is 0 Å². The fourth-order valence-corrected chi connectivity index (χ4v) is 2.90. The molecular formula is C13H12Br2ClN3. The number of nitrogens with two attached hydrogens (primary N) is 1. The Morgan fingerprint density at radius 3 is 2.79 bits per heavy atom. The van der Waals surface area contributed by atoms with E-state index in [9.17, 15) is 0 Å². The first kappa shape index (κ1) is 14.9. The van der Waals surface area contributed by atoms with Crippen LogP contribution in [-0.4, -0.2) is 4.98 Å². The second kappa shape index (κ2) is 6.81. The molecule has 0 saturated carbocycles. The Labute approximate surface area is 133 Å². The van der Waals surface area contributed by atoms with Crippen molar-refractivity contribution in [2.24, 2.45) is 5.84 Å². The third-order valence-corrected chi connectivity index (χ3v) is 4.50. The summed E-state index contributed by atoms with van der Waals surface area (Å²) in [5, 5.41) is 0.674. The molecule has 1 unspecified atom stereocenters. The highest BCUT2D eigenvalue weighted by atomic mass is 79.9. The number of benzene rings is 1. The van der Waals surface area contributed by atoms with Gasteiger partial charge < -0.3 is 0 Å². The van der Waals surface area contributed by atoms with Crippen molar-refractivity contribution in [1.82, 2.24) is 10.4 Å². The fourth-order valence-electron chi connectivity index (χ4n) is 1.85. The van der Waals surface area contributed by atoms with Gasteiger partial charge in [-0.1, -0.05) is 23.7 Å². The largest absolute Gasteiger partial charge is 0.271 e. The van der Waals surface area contributed by atoms with E-state index < -0.39 is 0 Å². The lowest BCUT2D eigenvalue weighted by Crippen LogP contribution is -2.29. The molecule has 2 aromatic rings. The zero-order chi connectivity index (χ0) is 13.8. The van der Waals surface area contributed by atoms with E-state index in [0.29, 0.717) is 11.4 Å². The van der Waals surface area contributed by atoms with Gasteiger partial charge in [0.05, 0.1) is 11.1 Å². The van der Waals surface area contributed by atoms with Crippen LogP contribution in [0.3, 0.4) is 0 Å². The van der Waals surface area contributed by atoms with E-state index in [1.807, 2.05) is 30.5 Å². The molecule has 0 aliphatic rings. The molecule has 0 saturated heterocycles. The van der Waals surface area contributed by atoms with E-state index in [-0.39, 0.29) is 6.04 Å². The topological polar surface area (TPSA) is 50.9 Å². The molecule has 0 bridgehead atoms. The van der Waals surface area contributed by atoms with Crippen LogP contribution in [0.15, 0.2) is 45.6 Å². The van der Waals surface area contributed by atoms with Crippen LogP contribution in [0.25, 0.3) is 0 Å². The van der Waals surface area contributed by atoms with E-state index in [1.54, 1.807) is 6.20 Å². The molecule has 1 heterocycles. The first-order valence-electron chi connectivity index (χ1n) is 5.61. The van der Waals surface area contributed by atoms with Crippen LogP contribution in [0.5, 0.6) is 0 Å². The summed E-state index contributed by atoms with van der Waals surface area (Å²) in [7, 11) is 0. The number of nitrogens with zero attached hydrogens (tertiary/aromatic N) is 1. The number of hydrogen-bond acceptors (Lipinski definition) is 3. The molecule has 0 fully saturated rings. The number of nitrogens with one attached hydrogen (secondary N) is 1. The van der Waals surface area contributed by atoms with E-state index in [4.69, 9.17) is 17.4 Å². The normalized spacial score (nSPS) is 12.4. The SMILES string of the molecule is NNC(Cc1cncc(Br)c1)c1cccc(Br)c1Cl. The Morgan fingerprint density at radius 1 is 1.32 bits per heavy atom. The molecule has 100 valence electrons. The summed E-state index contributed by atoms with van der Waals surface area (Å²) in [6.07, 6.45) is 4.28. The molecule has 3 N–H and O–H groups in total. The van der Waals surface area contributed by atoms with E-state index in [2.05, 4.69) is 42.3 Å². The quantitative estimate of drug-likeness (QED) is 0.597. The Hall–Kier alpha value is -0.460. The lowest BCUT2D eigenvalue weighted by atomic mass is 10.0. The van der Waals surface area contributed by atoms with Crippen LogP contribution in [0.2, 0.25) is 5.02 Å². The second-order valence-corrected chi connectivity index (χ2v) is 6.23. The van der Waals surface area contributed by atoms with E-state index in [0.717, 1.165) is 20.1 Å². The van der Waals surface area contributed by atoms with Crippen LogP contribution >= 0.6 is 43.5 Å². The van der Waals surface area contributed by atoms with Gasteiger partial charge in [0.15, 0.2) is 0 Å². The van der Waals surface area contributed by atoms with Gasteiger partial charge in [-0.3, -0.25) is 16.3 Å². The van der Waals surface area contributed by atoms with Crippen molar-refractivity contribution >= 4 is 43.5 Å². The van der Waals surface area contributed by atoms with Crippen LogP contribution in [0.4, 0.5) is 0 Å². The summed E-state index contributed by atoms with van der Waals surface area (Å²) < 4.78 is 1.81. The average Bonchev–Trinajstić information content (AvgIpc) is 2.40. The fraction of sp³-hybridized carbons (Fsp3) is 0.154. The number of pyridine rings is 1. The predicted octanol–water partition coefficient (Wildman–Crippen LogP) is 4.01. The predicted molar refractivity (Wildman–Crippen MR) is 84.9 cm³/mol. The molecule has 0 radical (unpaired) electrons. The Bertz CT molecular complexity index is 578. The van der Waals surface area contributed by atoms with Crippen molar-refractivity contribution in [3.63, 3.8) is 0 Å². The van der Waals surface area contributed by atoms with Gasteiger partial charge >= 0.3 is 0 Å². The molecular weight excluding hydrogens is 393 g/mol. The Kier molecular flexibility index (Phi) is 5.36. The lowest BCUT2D eigenvalue weighted by Gasteiger charge is -2.18. The molecule has 0 aliphatic heterocycles. The minimum Gasteiger partial charge on any atom is -0.271 e. The Morgan fingerprint density at radius 2 is 2.11 bits per heavy atom. The molecule has 0 aliphatic carbocycles. The van der Waals surface area contributed by atoms with Gasteiger partial charge in [-0.05, 0) is 61.5 Å². The highest BCUT2D eigenvalue weighted by molar-refractivity contribution is 9.10. The number of aromatic nitrogens is 1. The minimum absolute atomic E-state index is 0.0684. The number of rotatable bonds is 4. The third kappa shape index (κ3) is 3.77. The lowest BCUT2D eigenvalue weighted by molar-refractivity contribution is 0.551. The summed E-state index contributed by atoms with van der Waals surface area (Å²) in [6, 6.07) is 7.75. The van der Waals surface area contributed by atoms with E-state index >= 15 is 0 Å². The standard InChI is InChI=1S/C13H12Br2ClN3/c14-9-4-8(6-18-7-9)5-12(19-17)10-2-1-3-11(15)13(10)16/h1-4,6-7,12,19H,5,17H2. The maximum Gasteiger partial charge on any atom is 0.0596 e. The van der Waals surface area contributed by atoms with Gasteiger partial charge in [-0.15, -0.1) is 0 Å². The van der Waals surface area contributed by atoms with Gasteiger partial charge in [-0.2, -0.15) is 0 Å². The molecule has 19 heavy (non-hydrogen) atoms. The van der Waals surface area contributed by atoms with Crippen molar-refractivity contribution in [2.45, 2.75) is 12.5 Å². The molecule has 2 rings (SSSR count). The van der Waals surface area contributed by atoms with Crippen molar-refractivity contribution in [3.8, 4) is 0 Å². The molecule has 1 atom stereocenters. The minimum atomic E-state index is -0.0684. The zero-order valence-corrected chi connectivity index (χ0v) is 13.8.